The van der Waals surface area contributed by atoms with Crippen LogP contribution in [0.15, 0.2) is 36.7 Å². The van der Waals surface area contributed by atoms with Crippen LogP contribution < -0.4 is 4.74 Å². The lowest BCUT2D eigenvalue weighted by molar-refractivity contribution is 0.104. The predicted molar refractivity (Wildman–Crippen MR) is 68.5 cm³/mol. The molecule has 0 aliphatic heterocycles. The molecule has 0 fully saturated rings. The van der Waals surface area contributed by atoms with Gasteiger partial charge in [-0.15, -0.1) is 0 Å². The molecule has 94 valence electrons. The van der Waals surface area contributed by atoms with Crippen molar-refractivity contribution in [3.8, 4) is 5.75 Å². The molecule has 1 aromatic heterocycles. The fraction of sp³-hybridized carbons (Fsp3) is 0.231. The van der Waals surface area contributed by atoms with Crippen LogP contribution in [0.4, 0.5) is 0 Å². The molecule has 0 aliphatic rings. The van der Waals surface area contributed by atoms with E-state index in [1.165, 1.54) is 6.20 Å². The Morgan fingerprint density at radius 3 is 2.44 bits per heavy atom. The molecule has 1 aromatic carbocycles. The summed E-state index contributed by atoms with van der Waals surface area (Å²) in [4.78, 5) is 8.03. The van der Waals surface area contributed by atoms with Crippen molar-refractivity contribution in [3.05, 3.63) is 53.1 Å². The van der Waals surface area contributed by atoms with E-state index in [0.29, 0.717) is 18.4 Å². The molecule has 0 saturated carbocycles. The van der Waals surface area contributed by atoms with E-state index in [4.69, 9.17) is 21.1 Å². The van der Waals surface area contributed by atoms with Crippen molar-refractivity contribution in [2.75, 3.05) is 7.11 Å². The molecule has 0 atom stereocenters. The van der Waals surface area contributed by atoms with Gasteiger partial charge in [0.05, 0.1) is 38.4 Å². The molecule has 0 spiro atoms. The summed E-state index contributed by atoms with van der Waals surface area (Å²) in [6, 6.07) is 7.74. The Labute approximate surface area is 111 Å². The number of methoxy groups -OCH3 is 1. The van der Waals surface area contributed by atoms with E-state index < -0.39 is 0 Å². The number of nitrogens with zero attached hydrogens (tertiary/aromatic N) is 2. The maximum absolute atomic E-state index is 5.64. The first kappa shape index (κ1) is 12.8. The average molecular weight is 265 g/mol. The second kappa shape index (κ2) is 6.33. The zero-order chi connectivity index (χ0) is 12.8. The first-order valence-corrected chi connectivity index (χ1v) is 5.83. The molecule has 0 N–H and O–H groups in total. The van der Waals surface area contributed by atoms with Crippen LogP contribution >= 0.6 is 11.6 Å². The third-order valence-electron chi connectivity index (χ3n) is 2.35. The van der Waals surface area contributed by atoms with E-state index in [2.05, 4.69) is 9.97 Å². The van der Waals surface area contributed by atoms with Crippen LogP contribution in [0.25, 0.3) is 0 Å². The zero-order valence-corrected chi connectivity index (χ0v) is 10.7. The van der Waals surface area contributed by atoms with Crippen LogP contribution in [0.5, 0.6) is 5.75 Å². The monoisotopic (exact) mass is 264 g/mol. The Kier molecular flexibility index (Phi) is 4.50. The van der Waals surface area contributed by atoms with Gasteiger partial charge in [-0.1, -0.05) is 23.7 Å². The van der Waals surface area contributed by atoms with Crippen LogP contribution in [0.2, 0.25) is 5.15 Å². The molecule has 0 aliphatic carbocycles. The molecule has 2 rings (SSSR count). The van der Waals surface area contributed by atoms with Gasteiger partial charge in [0.2, 0.25) is 0 Å². The minimum absolute atomic E-state index is 0.383. The predicted octanol–water partition coefficient (Wildman–Crippen LogP) is 2.86. The number of aromatic nitrogens is 2. The van der Waals surface area contributed by atoms with Crippen molar-refractivity contribution in [3.63, 3.8) is 0 Å². The van der Waals surface area contributed by atoms with Gasteiger partial charge in [-0.3, -0.25) is 4.98 Å². The van der Waals surface area contributed by atoms with Gasteiger partial charge in [0.25, 0.3) is 0 Å². The van der Waals surface area contributed by atoms with Crippen LogP contribution in [0, 0.1) is 0 Å². The highest BCUT2D eigenvalue weighted by molar-refractivity contribution is 6.29. The van der Waals surface area contributed by atoms with Crippen LogP contribution in [-0.4, -0.2) is 17.1 Å². The Bertz CT molecular complexity index is 485. The quantitative estimate of drug-likeness (QED) is 0.833. The average Bonchev–Trinajstić information content (AvgIpc) is 2.42. The molecule has 5 heteroatoms. The van der Waals surface area contributed by atoms with E-state index in [-0.39, 0.29) is 0 Å². The first-order chi connectivity index (χ1) is 8.78. The van der Waals surface area contributed by atoms with Gasteiger partial charge >= 0.3 is 0 Å². The lowest BCUT2D eigenvalue weighted by Crippen LogP contribution is -1.97. The molecule has 0 bridgehead atoms. The summed E-state index contributed by atoms with van der Waals surface area (Å²) in [5.41, 5.74) is 1.84. The molecule has 0 radical (unpaired) electrons. The highest BCUT2D eigenvalue weighted by Gasteiger charge is 1.98. The smallest absolute Gasteiger partial charge is 0.147 e. The van der Waals surface area contributed by atoms with Gasteiger partial charge in [-0.25, -0.2) is 4.98 Å². The second-order valence-corrected chi connectivity index (χ2v) is 4.06. The minimum Gasteiger partial charge on any atom is -0.497 e. The standard InChI is InChI=1S/C13H13ClN2O2/c1-17-12-4-2-10(3-5-12)8-18-9-11-6-16-13(14)7-15-11/h2-7H,8-9H2,1H3. The van der Waals surface area contributed by atoms with Gasteiger partial charge in [-0.05, 0) is 17.7 Å². The lowest BCUT2D eigenvalue weighted by Gasteiger charge is -2.05. The molecule has 4 nitrogen and oxygen atoms in total. The fourth-order valence-electron chi connectivity index (χ4n) is 1.41. The van der Waals surface area contributed by atoms with E-state index >= 15 is 0 Å². The van der Waals surface area contributed by atoms with Gasteiger partial charge < -0.3 is 9.47 Å². The summed E-state index contributed by atoms with van der Waals surface area (Å²) >= 11 is 5.64. The van der Waals surface area contributed by atoms with Gasteiger partial charge in [0, 0.05) is 0 Å². The fourth-order valence-corrected chi connectivity index (χ4v) is 1.51. The third-order valence-corrected chi connectivity index (χ3v) is 2.55. The molecule has 18 heavy (non-hydrogen) atoms. The summed E-state index contributed by atoms with van der Waals surface area (Å²) < 4.78 is 10.6. The van der Waals surface area contributed by atoms with Crippen molar-refractivity contribution < 1.29 is 9.47 Å². The topological polar surface area (TPSA) is 44.2 Å². The highest BCUT2D eigenvalue weighted by Crippen LogP contribution is 2.12. The Hall–Kier alpha value is -1.65. The van der Waals surface area contributed by atoms with Crippen molar-refractivity contribution in [1.82, 2.24) is 9.97 Å². The van der Waals surface area contributed by atoms with Crippen LogP contribution in [0.1, 0.15) is 11.3 Å². The molecular formula is C13H13ClN2O2. The number of hydrogen-bond donors (Lipinski definition) is 0. The van der Waals surface area contributed by atoms with Crippen molar-refractivity contribution >= 4 is 11.6 Å². The Balaban J connectivity index is 1.82. The van der Waals surface area contributed by atoms with Crippen molar-refractivity contribution in [2.45, 2.75) is 13.2 Å². The van der Waals surface area contributed by atoms with E-state index in [1.807, 2.05) is 24.3 Å². The number of hydrogen-bond acceptors (Lipinski definition) is 4. The van der Waals surface area contributed by atoms with Crippen molar-refractivity contribution in [2.24, 2.45) is 0 Å². The molecule has 2 aromatic rings. The number of ether oxygens (including phenoxy) is 2. The number of benzene rings is 1. The highest BCUT2D eigenvalue weighted by atomic mass is 35.5. The molecule has 0 saturated heterocycles. The zero-order valence-electron chi connectivity index (χ0n) is 9.97. The van der Waals surface area contributed by atoms with Gasteiger partial charge in [0.1, 0.15) is 10.9 Å². The lowest BCUT2D eigenvalue weighted by atomic mass is 10.2. The van der Waals surface area contributed by atoms with E-state index in [1.54, 1.807) is 13.3 Å². The van der Waals surface area contributed by atoms with Crippen LogP contribution in [-0.2, 0) is 18.0 Å². The molecule has 0 amide bonds. The maximum atomic E-state index is 5.64. The number of halogens is 1. The summed E-state index contributed by atoms with van der Waals surface area (Å²) in [5.74, 6) is 0.835. The van der Waals surface area contributed by atoms with Gasteiger partial charge in [0.15, 0.2) is 0 Å². The summed E-state index contributed by atoms with van der Waals surface area (Å²) in [6.07, 6.45) is 3.12. The summed E-state index contributed by atoms with van der Waals surface area (Å²) in [6.45, 7) is 0.935. The minimum atomic E-state index is 0.383. The molecular weight excluding hydrogens is 252 g/mol. The van der Waals surface area contributed by atoms with Crippen LogP contribution in [0.3, 0.4) is 0 Å². The maximum Gasteiger partial charge on any atom is 0.147 e. The first-order valence-electron chi connectivity index (χ1n) is 5.45. The molecule has 1 heterocycles. The third kappa shape index (κ3) is 3.68. The largest absolute Gasteiger partial charge is 0.497 e. The SMILES string of the molecule is COc1ccc(COCc2cnc(Cl)cn2)cc1. The summed E-state index contributed by atoms with van der Waals surface area (Å²) in [5, 5.41) is 0.383. The summed E-state index contributed by atoms with van der Waals surface area (Å²) in [7, 11) is 1.64. The van der Waals surface area contributed by atoms with E-state index in [9.17, 15) is 0 Å². The Morgan fingerprint density at radius 1 is 1.06 bits per heavy atom. The number of rotatable bonds is 5. The Morgan fingerprint density at radius 2 is 1.83 bits per heavy atom. The van der Waals surface area contributed by atoms with E-state index in [0.717, 1.165) is 17.0 Å². The molecule has 0 unspecified atom stereocenters. The normalized spacial score (nSPS) is 10.3. The van der Waals surface area contributed by atoms with Gasteiger partial charge in [-0.2, -0.15) is 0 Å². The second-order valence-electron chi connectivity index (χ2n) is 3.67. The van der Waals surface area contributed by atoms with Crippen molar-refractivity contribution in [1.29, 1.82) is 0 Å².